The van der Waals surface area contributed by atoms with E-state index < -0.39 is 10.8 Å². The van der Waals surface area contributed by atoms with E-state index in [1.807, 2.05) is 0 Å². The van der Waals surface area contributed by atoms with E-state index in [2.05, 4.69) is 10.3 Å². The summed E-state index contributed by atoms with van der Waals surface area (Å²) >= 11 is 8.52. The molecule has 4 aromatic rings. The number of benzene rings is 3. The van der Waals surface area contributed by atoms with E-state index in [0.717, 1.165) is 16.5 Å². The Labute approximate surface area is 217 Å². The molecule has 0 aliphatic rings. The highest BCUT2D eigenvalue weighted by atomic mass is 35.5. The molecule has 0 bridgehead atoms. The third kappa shape index (κ3) is 5.52. The summed E-state index contributed by atoms with van der Waals surface area (Å²) in [6.07, 6.45) is 1.19. The number of nitrogens with one attached hydrogen (secondary N) is 1. The molecule has 0 aliphatic carbocycles. The lowest BCUT2D eigenvalue weighted by molar-refractivity contribution is -0.387. The zero-order valence-electron chi connectivity index (χ0n) is 18.1. The average Bonchev–Trinajstić information content (AvgIpc) is 3.24. The molecular weight excluding hydrogens is 522 g/mol. The lowest BCUT2D eigenvalue weighted by atomic mass is 10.1. The largest absolute Gasteiger partial charge is 0.365 e. The van der Waals surface area contributed by atoms with Gasteiger partial charge < -0.3 is 11.1 Å². The molecule has 1 heterocycles. The van der Waals surface area contributed by atoms with Crippen LogP contribution in [0.3, 0.4) is 0 Å². The SMILES string of the molecule is N#C/C(=C\c1ccc(Sc2nc3ccc(NC(=O)c4ccccc4Cl)cc3s2)c([N+](=O)[O-])c1)C(N)=O. The quantitative estimate of drug-likeness (QED) is 0.134. The van der Waals surface area contributed by atoms with Crippen molar-refractivity contribution in [2.45, 2.75) is 9.24 Å². The second-order valence-electron chi connectivity index (χ2n) is 7.22. The van der Waals surface area contributed by atoms with Gasteiger partial charge >= 0.3 is 0 Å². The molecule has 3 N–H and O–H groups in total. The molecule has 2 amide bonds. The minimum Gasteiger partial charge on any atom is -0.365 e. The lowest BCUT2D eigenvalue weighted by Crippen LogP contribution is -2.12. The Balaban J connectivity index is 1.59. The van der Waals surface area contributed by atoms with Crippen LogP contribution in [0, 0.1) is 21.4 Å². The van der Waals surface area contributed by atoms with Gasteiger partial charge in [-0.2, -0.15) is 5.26 Å². The summed E-state index contributed by atoms with van der Waals surface area (Å²) in [6.45, 7) is 0. The van der Waals surface area contributed by atoms with Crippen molar-refractivity contribution in [1.82, 2.24) is 4.98 Å². The number of amides is 2. The first-order chi connectivity index (χ1) is 17.2. The maximum Gasteiger partial charge on any atom is 0.283 e. The number of thiazole rings is 1. The van der Waals surface area contributed by atoms with Gasteiger partial charge in [0.05, 0.1) is 30.6 Å². The fraction of sp³-hybridized carbons (Fsp3) is 0. The summed E-state index contributed by atoms with van der Waals surface area (Å²) < 4.78 is 1.33. The molecule has 36 heavy (non-hydrogen) atoms. The first-order valence-corrected chi connectivity index (χ1v) is 12.1. The number of nitrogens with zero attached hydrogens (tertiary/aromatic N) is 3. The molecule has 9 nitrogen and oxygen atoms in total. The number of rotatable bonds is 7. The van der Waals surface area contributed by atoms with Gasteiger partial charge in [-0.05, 0) is 48.0 Å². The number of anilines is 1. The predicted molar refractivity (Wildman–Crippen MR) is 139 cm³/mol. The Hall–Kier alpha value is -4.24. The van der Waals surface area contributed by atoms with Crippen LogP contribution in [-0.2, 0) is 4.79 Å². The molecule has 0 aliphatic heterocycles. The Morgan fingerprint density at radius 3 is 2.67 bits per heavy atom. The summed E-state index contributed by atoms with van der Waals surface area (Å²) in [7, 11) is 0. The Bertz CT molecular complexity index is 1610. The lowest BCUT2D eigenvalue weighted by Gasteiger charge is -2.06. The molecule has 0 fully saturated rings. The Morgan fingerprint density at radius 1 is 1.19 bits per heavy atom. The van der Waals surface area contributed by atoms with Crippen molar-refractivity contribution in [1.29, 1.82) is 5.26 Å². The summed E-state index contributed by atoms with van der Waals surface area (Å²) in [5.41, 5.74) is 6.48. The van der Waals surface area contributed by atoms with Crippen molar-refractivity contribution >= 4 is 74.2 Å². The van der Waals surface area contributed by atoms with Crippen LogP contribution in [0.1, 0.15) is 15.9 Å². The number of carbonyl (C=O) groups is 2. The van der Waals surface area contributed by atoms with E-state index in [1.54, 1.807) is 54.6 Å². The smallest absolute Gasteiger partial charge is 0.283 e. The summed E-state index contributed by atoms with van der Waals surface area (Å²) in [5.74, 6) is -1.27. The third-order valence-electron chi connectivity index (χ3n) is 4.82. The van der Waals surface area contributed by atoms with Gasteiger partial charge in [0.2, 0.25) is 0 Å². The van der Waals surface area contributed by atoms with Gasteiger partial charge in [-0.3, -0.25) is 19.7 Å². The van der Waals surface area contributed by atoms with Gasteiger partial charge in [-0.1, -0.05) is 41.6 Å². The van der Waals surface area contributed by atoms with Crippen molar-refractivity contribution in [3.05, 3.63) is 92.5 Å². The van der Waals surface area contributed by atoms with E-state index in [0.29, 0.717) is 36.6 Å². The molecule has 4 rings (SSSR count). The zero-order chi connectivity index (χ0) is 25.8. The predicted octanol–water partition coefficient (Wildman–Crippen LogP) is 5.65. The molecule has 0 saturated heterocycles. The normalized spacial score (nSPS) is 11.2. The summed E-state index contributed by atoms with van der Waals surface area (Å²) in [5, 5.41) is 23.8. The van der Waals surface area contributed by atoms with Crippen molar-refractivity contribution in [2.24, 2.45) is 5.73 Å². The van der Waals surface area contributed by atoms with Crippen LogP contribution in [0.4, 0.5) is 11.4 Å². The number of primary amides is 1. The molecular formula is C24H14ClN5O4S2. The zero-order valence-corrected chi connectivity index (χ0v) is 20.5. The molecule has 0 unspecified atom stereocenters. The second-order valence-corrected chi connectivity index (χ2v) is 9.94. The molecule has 0 atom stereocenters. The van der Waals surface area contributed by atoms with Crippen LogP contribution in [-0.4, -0.2) is 21.7 Å². The molecule has 0 radical (unpaired) electrons. The van der Waals surface area contributed by atoms with Crippen molar-refractivity contribution < 1.29 is 14.5 Å². The average molecular weight is 536 g/mol. The van der Waals surface area contributed by atoms with Crippen LogP contribution in [0.25, 0.3) is 16.3 Å². The standard InChI is InChI=1S/C24H14ClN5O4S2/c25-17-4-2-1-3-16(17)23(32)28-15-6-7-18-21(11-15)36-24(29-18)35-20-8-5-13(10-19(20)30(33)34)9-14(12-26)22(27)31/h1-11H,(H2,27,31)(H,28,32)/b14-9+. The van der Waals surface area contributed by atoms with E-state index in [9.17, 15) is 19.7 Å². The number of carbonyl (C=O) groups excluding carboxylic acids is 2. The summed E-state index contributed by atoms with van der Waals surface area (Å²) in [6, 6.07) is 17.9. The molecule has 178 valence electrons. The molecule has 0 saturated carbocycles. The first-order valence-electron chi connectivity index (χ1n) is 10.1. The van der Waals surface area contributed by atoms with Gasteiger partial charge in [0, 0.05) is 11.8 Å². The fourth-order valence-corrected chi connectivity index (χ4v) is 5.51. The second kappa shape index (κ2) is 10.6. The number of nitrogens with two attached hydrogens (primary N) is 1. The number of nitro benzene ring substituents is 1. The molecule has 1 aromatic heterocycles. The maximum absolute atomic E-state index is 12.5. The van der Waals surface area contributed by atoms with Gasteiger partial charge in [-0.25, -0.2) is 4.98 Å². The van der Waals surface area contributed by atoms with E-state index in [1.165, 1.54) is 29.5 Å². The number of nitro groups is 1. The Morgan fingerprint density at radius 2 is 1.97 bits per heavy atom. The molecule has 0 spiro atoms. The number of hydrogen-bond acceptors (Lipinski definition) is 8. The summed E-state index contributed by atoms with van der Waals surface area (Å²) in [4.78, 5) is 39.8. The highest BCUT2D eigenvalue weighted by Crippen LogP contribution is 2.39. The van der Waals surface area contributed by atoms with E-state index in [4.69, 9.17) is 22.6 Å². The minimum atomic E-state index is -0.921. The fourth-order valence-electron chi connectivity index (χ4n) is 3.14. The van der Waals surface area contributed by atoms with E-state index in [-0.39, 0.29) is 17.2 Å². The highest BCUT2D eigenvalue weighted by molar-refractivity contribution is 8.01. The molecule has 12 heteroatoms. The van der Waals surface area contributed by atoms with Gasteiger partial charge in [0.15, 0.2) is 4.34 Å². The highest BCUT2D eigenvalue weighted by Gasteiger charge is 2.18. The topological polar surface area (TPSA) is 152 Å². The van der Waals surface area contributed by atoms with E-state index >= 15 is 0 Å². The number of halogens is 1. The monoisotopic (exact) mass is 535 g/mol. The van der Waals surface area contributed by atoms with Crippen LogP contribution >= 0.6 is 34.7 Å². The Kier molecular flexibility index (Phi) is 7.30. The van der Waals surface area contributed by atoms with Crippen LogP contribution in [0.2, 0.25) is 5.02 Å². The maximum atomic E-state index is 12.5. The minimum absolute atomic E-state index is 0.206. The van der Waals surface area contributed by atoms with Crippen molar-refractivity contribution in [3.63, 3.8) is 0 Å². The number of nitriles is 1. The number of fused-ring (bicyclic) bond motifs is 1. The van der Waals surface area contributed by atoms with Crippen LogP contribution < -0.4 is 11.1 Å². The van der Waals surface area contributed by atoms with Gasteiger partial charge in [-0.15, -0.1) is 11.3 Å². The first kappa shape index (κ1) is 24.9. The van der Waals surface area contributed by atoms with Gasteiger partial charge in [0.1, 0.15) is 11.6 Å². The van der Waals surface area contributed by atoms with Crippen molar-refractivity contribution in [3.8, 4) is 6.07 Å². The van der Waals surface area contributed by atoms with Crippen molar-refractivity contribution in [2.75, 3.05) is 5.32 Å². The third-order valence-corrected chi connectivity index (χ3v) is 7.29. The number of aromatic nitrogens is 1. The molecule has 3 aromatic carbocycles. The van der Waals surface area contributed by atoms with Crippen LogP contribution in [0.5, 0.6) is 0 Å². The van der Waals surface area contributed by atoms with Crippen LogP contribution in [0.15, 0.2) is 75.5 Å². The number of hydrogen-bond donors (Lipinski definition) is 2. The van der Waals surface area contributed by atoms with Gasteiger partial charge in [0.25, 0.3) is 17.5 Å².